The summed E-state index contributed by atoms with van der Waals surface area (Å²) in [6.07, 6.45) is 0.354. The van der Waals surface area contributed by atoms with Gasteiger partial charge in [-0.25, -0.2) is 4.98 Å². The zero-order chi connectivity index (χ0) is 13.8. The van der Waals surface area contributed by atoms with Crippen molar-refractivity contribution in [2.24, 2.45) is 0 Å². The number of hydrogen-bond acceptors (Lipinski definition) is 5. The number of rotatable bonds is 4. The van der Waals surface area contributed by atoms with Crippen LogP contribution in [-0.2, 0) is 4.79 Å². The minimum Gasteiger partial charge on any atom is -0.383 e. The van der Waals surface area contributed by atoms with Gasteiger partial charge in [-0.1, -0.05) is 0 Å². The van der Waals surface area contributed by atoms with Crippen molar-refractivity contribution in [2.75, 3.05) is 17.6 Å². The Morgan fingerprint density at radius 2 is 2.11 bits per heavy atom. The monoisotopic (exact) mass is 315 g/mol. The van der Waals surface area contributed by atoms with Gasteiger partial charge in [0.05, 0.1) is 0 Å². The number of amides is 1. The molecule has 0 aliphatic heterocycles. The van der Waals surface area contributed by atoms with Crippen molar-refractivity contribution in [3.63, 3.8) is 0 Å². The first-order valence-corrected chi connectivity index (χ1v) is 6.40. The molecule has 0 unspecified atom stereocenters. The third kappa shape index (κ3) is 5.81. The van der Waals surface area contributed by atoms with Crippen LogP contribution in [0.25, 0.3) is 0 Å². The Hall–Kier alpha value is -1.37. The number of carbonyl (C=O) groups excluding carboxylic acids is 1. The highest BCUT2D eigenvalue weighted by molar-refractivity contribution is 9.10. The first kappa shape index (κ1) is 14.7. The number of nitrogens with one attached hydrogen (secondary N) is 2. The van der Waals surface area contributed by atoms with Crippen LogP contribution in [0.4, 0.5) is 11.8 Å². The van der Waals surface area contributed by atoms with E-state index in [9.17, 15) is 4.79 Å². The van der Waals surface area contributed by atoms with Crippen molar-refractivity contribution in [3.05, 3.63) is 10.7 Å². The molecule has 0 radical (unpaired) electrons. The number of halogens is 1. The van der Waals surface area contributed by atoms with Crippen molar-refractivity contribution in [3.8, 4) is 0 Å². The molecule has 0 saturated carbocycles. The molecule has 0 bridgehead atoms. The van der Waals surface area contributed by atoms with Crippen LogP contribution in [0.1, 0.15) is 27.2 Å². The van der Waals surface area contributed by atoms with Crippen LogP contribution in [0.15, 0.2) is 10.7 Å². The molecule has 0 atom stereocenters. The van der Waals surface area contributed by atoms with Gasteiger partial charge in [0.25, 0.3) is 0 Å². The second kappa shape index (κ2) is 5.99. The predicted octanol–water partition coefficient (Wildman–Crippen LogP) is 1.54. The highest BCUT2D eigenvalue weighted by Gasteiger charge is 2.13. The fraction of sp³-hybridized carbons (Fsp3) is 0.545. The van der Waals surface area contributed by atoms with Crippen molar-refractivity contribution in [2.45, 2.75) is 32.7 Å². The molecule has 1 rings (SSSR count). The molecule has 0 aliphatic carbocycles. The van der Waals surface area contributed by atoms with E-state index >= 15 is 0 Å². The van der Waals surface area contributed by atoms with Crippen molar-refractivity contribution < 1.29 is 4.79 Å². The molecule has 4 N–H and O–H groups in total. The summed E-state index contributed by atoms with van der Waals surface area (Å²) < 4.78 is 0.608. The average Bonchev–Trinajstić information content (AvgIpc) is 2.12. The van der Waals surface area contributed by atoms with E-state index in [0.717, 1.165) is 0 Å². The number of carbonyl (C=O) groups is 1. The lowest BCUT2D eigenvalue weighted by Crippen LogP contribution is -2.41. The molecule has 100 valence electrons. The number of nitrogens with two attached hydrogens (primary N) is 1. The van der Waals surface area contributed by atoms with Gasteiger partial charge in [-0.3, -0.25) is 4.79 Å². The van der Waals surface area contributed by atoms with Crippen molar-refractivity contribution in [1.82, 2.24) is 15.3 Å². The summed E-state index contributed by atoms with van der Waals surface area (Å²) >= 11 is 3.22. The van der Waals surface area contributed by atoms with E-state index in [1.807, 2.05) is 20.8 Å². The summed E-state index contributed by atoms with van der Waals surface area (Å²) in [5.41, 5.74) is 5.36. The van der Waals surface area contributed by atoms with E-state index in [1.165, 1.54) is 0 Å². The third-order valence-electron chi connectivity index (χ3n) is 1.86. The highest BCUT2D eigenvalue weighted by Crippen LogP contribution is 2.12. The number of hydrogen-bond donors (Lipinski definition) is 3. The van der Waals surface area contributed by atoms with Crippen LogP contribution in [-0.4, -0.2) is 28.0 Å². The van der Waals surface area contributed by atoms with E-state index in [2.05, 4.69) is 36.5 Å². The topological polar surface area (TPSA) is 92.9 Å². The molecule has 6 nitrogen and oxygen atoms in total. The number of nitrogen functional groups attached to an aromatic ring is 1. The van der Waals surface area contributed by atoms with Gasteiger partial charge < -0.3 is 16.4 Å². The maximum atomic E-state index is 11.6. The van der Waals surface area contributed by atoms with Gasteiger partial charge in [0, 0.05) is 24.6 Å². The molecule has 0 aliphatic rings. The van der Waals surface area contributed by atoms with E-state index in [1.54, 1.807) is 6.07 Å². The van der Waals surface area contributed by atoms with Gasteiger partial charge in [-0.15, -0.1) is 0 Å². The minimum absolute atomic E-state index is 0.0158. The smallest absolute Gasteiger partial charge is 0.225 e. The molecule has 1 heterocycles. The molecule has 1 aromatic heterocycles. The zero-order valence-corrected chi connectivity index (χ0v) is 12.3. The standard InChI is InChI=1S/C11H18BrN5O/c1-11(2,3)17-9(18)4-5-14-10-15-7(12)6-8(13)16-10/h6H,4-5H2,1-3H3,(H,17,18)(H3,13,14,15,16). The van der Waals surface area contributed by atoms with Crippen LogP contribution in [0, 0.1) is 0 Å². The number of anilines is 2. The molecule has 18 heavy (non-hydrogen) atoms. The molecule has 0 fully saturated rings. The molecular formula is C11H18BrN5O. The quantitative estimate of drug-likeness (QED) is 0.733. The molecule has 0 saturated heterocycles. The Bertz CT molecular complexity index is 410. The predicted molar refractivity (Wildman–Crippen MR) is 75.1 cm³/mol. The first-order valence-electron chi connectivity index (χ1n) is 5.61. The molecule has 0 spiro atoms. The van der Waals surface area contributed by atoms with Crippen LogP contribution in [0.3, 0.4) is 0 Å². The highest BCUT2D eigenvalue weighted by atomic mass is 79.9. The lowest BCUT2D eigenvalue weighted by Gasteiger charge is -2.20. The maximum Gasteiger partial charge on any atom is 0.225 e. The summed E-state index contributed by atoms with van der Waals surface area (Å²) in [5.74, 6) is 0.766. The molecule has 1 aromatic rings. The Kier molecular flexibility index (Phi) is 4.89. The second-order valence-electron chi connectivity index (χ2n) is 4.91. The second-order valence-corrected chi connectivity index (χ2v) is 5.73. The molecular weight excluding hydrogens is 298 g/mol. The van der Waals surface area contributed by atoms with E-state index in [0.29, 0.717) is 29.3 Å². The van der Waals surface area contributed by atoms with Crippen LogP contribution in [0.5, 0.6) is 0 Å². The van der Waals surface area contributed by atoms with Crippen molar-refractivity contribution in [1.29, 1.82) is 0 Å². The third-order valence-corrected chi connectivity index (χ3v) is 2.27. The van der Waals surface area contributed by atoms with Crippen LogP contribution in [0.2, 0.25) is 0 Å². The SMILES string of the molecule is CC(C)(C)NC(=O)CCNc1nc(N)cc(Br)n1. The largest absolute Gasteiger partial charge is 0.383 e. The van der Waals surface area contributed by atoms with E-state index in [4.69, 9.17) is 5.73 Å². The zero-order valence-electron chi connectivity index (χ0n) is 10.7. The summed E-state index contributed by atoms with van der Waals surface area (Å²) in [5, 5.41) is 5.82. The summed E-state index contributed by atoms with van der Waals surface area (Å²) in [4.78, 5) is 19.6. The van der Waals surface area contributed by atoms with Crippen LogP contribution < -0.4 is 16.4 Å². The lowest BCUT2D eigenvalue weighted by atomic mass is 10.1. The van der Waals surface area contributed by atoms with Crippen molar-refractivity contribution >= 4 is 33.6 Å². The van der Waals surface area contributed by atoms with Gasteiger partial charge in [0.15, 0.2) is 0 Å². The number of aromatic nitrogens is 2. The van der Waals surface area contributed by atoms with E-state index < -0.39 is 0 Å². The van der Waals surface area contributed by atoms with Crippen LogP contribution >= 0.6 is 15.9 Å². The minimum atomic E-state index is -0.214. The Labute approximate surface area is 115 Å². The maximum absolute atomic E-state index is 11.6. The van der Waals surface area contributed by atoms with Gasteiger partial charge >= 0.3 is 0 Å². The summed E-state index contributed by atoms with van der Waals surface area (Å²) in [6, 6.07) is 1.61. The van der Waals surface area contributed by atoms with Gasteiger partial charge in [0.1, 0.15) is 10.4 Å². The fourth-order valence-electron chi connectivity index (χ4n) is 1.28. The van der Waals surface area contributed by atoms with E-state index in [-0.39, 0.29) is 11.4 Å². The first-order chi connectivity index (χ1) is 8.26. The summed E-state index contributed by atoms with van der Waals surface area (Å²) in [7, 11) is 0. The normalized spacial score (nSPS) is 11.1. The fourth-order valence-corrected chi connectivity index (χ4v) is 1.69. The Morgan fingerprint density at radius 3 is 2.67 bits per heavy atom. The summed E-state index contributed by atoms with van der Waals surface area (Å²) in [6.45, 7) is 6.28. The molecule has 1 amide bonds. The van der Waals surface area contributed by atoms with Gasteiger partial charge in [-0.05, 0) is 36.7 Å². The molecule has 0 aromatic carbocycles. The molecule has 7 heteroatoms. The lowest BCUT2D eigenvalue weighted by molar-refractivity contribution is -0.122. The Morgan fingerprint density at radius 1 is 1.44 bits per heavy atom. The Balaban J connectivity index is 2.40. The van der Waals surface area contributed by atoms with Gasteiger partial charge in [-0.2, -0.15) is 4.98 Å². The average molecular weight is 316 g/mol. The number of nitrogens with zero attached hydrogens (tertiary/aromatic N) is 2. The van der Waals surface area contributed by atoms with Gasteiger partial charge in [0.2, 0.25) is 11.9 Å².